The molecule has 0 fully saturated rings. The molecule has 0 spiro atoms. The van der Waals surface area contributed by atoms with E-state index in [4.69, 9.17) is 5.11 Å². The van der Waals surface area contributed by atoms with Gasteiger partial charge in [-0.1, -0.05) is 90.0 Å². The smallest absolute Gasteiger partial charge is 0.303 e. The lowest BCUT2D eigenvalue weighted by molar-refractivity contribution is -0.137. The van der Waals surface area contributed by atoms with Crippen LogP contribution >= 0.6 is 0 Å². The zero-order valence-electron chi connectivity index (χ0n) is 15.5. The van der Waals surface area contributed by atoms with Crippen LogP contribution in [0.15, 0.2) is 12.7 Å². The lowest BCUT2D eigenvalue weighted by Crippen LogP contribution is -2.02. The summed E-state index contributed by atoms with van der Waals surface area (Å²) in [5.41, 5.74) is 0. The second-order valence-electron chi connectivity index (χ2n) is 7.00. The van der Waals surface area contributed by atoms with Gasteiger partial charge in [0.15, 0.2) is 0 Å². The fourth-order valence-electron chi connectivity index (χ4n) is 3.25. The maximum atomic E-state index is 10.6. The van der Waals surface area contributed by atoms with Gasteiger partial charge < -0.3 is 5.11 Å². The molecule has 0 aliphatic heterocycles. The monoisotopic (exact) mass is 324 g/mol. The molecule has 1 unspecified atom stereocenters. The molecule has 0 amide bonds. The summed E-state index contributed by atoms with van der Waals surface area (Å²) in [7, 11) is 0. The van der Waals surface area contributed by atoms with Crippen LogP contribution in [0.2, 0.25) is 0 Å². The molecule has 0 aromatic heterocycles. The minimum absolute atomic E-state index is 0.311. The molecular weight excluding hydrogens is 284 g/mol. The maximum absolute atomic E-state index is 10.6. The van der Waals surface area contributed by atoms with E-state index in [1.54, 1.807) is 0 Å². The van der Waals surface area contributed by atoms with Gasteiger partial charge in [0.05, 0.1) is 0 Å². The first-order chi connectivity index (χ1) is 11.2. The van der Waals surface area contributed by atoms with Gasteiger partial charge in [-0.05, 0) is 25.2 Å². The van der Waals surface area contributed by atoms with Crippen molar-refractivity contribution < 1.29 is 9.90 Å². The largest absolute Gasteiger partial charge is 0.481 e. The van der Waals surface area contributed by atoms with Gasteiger partial charge in [-0.2, -0.15) is 0 Å². The molecule has 2 heteroatoms. The Kier molecular flexibility index (Phi) is 17.0. The highest BCUT2D eigenvalue weighted by molar-refractivity contribution is 5.66. The van der Waals surface area contributed by atoms with Gasteiger partial charge in [0.1, 0.15) is 0 Å². The molecule has 0 heterocycles. The van der Waals surface area contributed by atoms with Crippen molar-refractivity contribution in [2.45, 2.75) is 110 Å². The minimum atomic E-state index is -0.669. The molecule has 0 saturated carbocycles. The Morgan fingerprint density at radius 3 is 1.83 bits per heavy atom. The predicted octanol–water partition coefficient (Wildman–Crippen LogP) is 7.13. The highest BCUT2D eigenvalue weighted by atomic mass is 16.4. The fourth-order valence-corrected chi connectivity index (χ4v) is 3.25. The van der Waals surface area contributed by atoms with Gasteiger partial charge in [0.2, 0.25) is 0 Å². The van der Waals surface area contributed by atoms with Gasteiger partial charge in [0, 0.05) is 6.42 Å². The predicted molar refractivity (Wildman–Crippen MR) is 101 cm³/mol. The van der Waals surface area contributed by atoms with Crippen LogP contribution in [0.5, 0.6) is 0 Å². The normalized spacial score (nSPS) is 12.2. The van der Waals surface area contributed by atoms with E-state index in [2.05, 4.69) is 13.5 Å². The van der Waals surface area contributed by atoms with E-state index in [9.17, 15) is 4.79 Å². The first kappa shape index (κ1) is 22.2. The third-order valence-corrected chi connectivity index (χ3v) is 4.72. The van der Waals surface area contributed by atoms with Gasteiger partial charge >= 0.3 is 5.97 Å². The molecule has 1 N–H and O–H groups in total. The number of allylic oxidation sites excluding steroid dienone is 1. The number of unbranched alkanes of at least 4 members (excludes halogenated alkanes) is 10. The standard InChI is InChI=1S/C21H40O2/c1-3-5-6-7-8-9-10-11-12-13-14-17-20(16-4-2)18-15-19-21(22)23/h4,20H,2-3,5-19H2,1H3,(H,22,23). The van der Waals surface area contributed by atoms with Crippen molar-refractivity contribution in [1.82, 2.24) is 0 Å². The number of hydrogen-bond donors (Lipinski definition) is 1. The third kappa shape index (κ3) is 17.4. The Morgan fingerprint density at radius 2 is 1.35 bits per heavy atom. The molecule has 0 aliphatic carbocycles. The maximum Gasteiger partial charge on any atom is 0.303 e. The Balaban J connectivity index is 3.41. The van der Waals surface area contributed by atoms with E-state index in [0.717, 1.165) is 19.3 Å². The fraction of sp³-hybridized carbons (Fsp3) is 0.857. The number of carbonyl (C=O) groups is 1. The number of rotatable bonds is 18. The van der Waals surface area contributed by atoms with Gasteiger partial charge in [-0.3, -0.25) is 4.79 Å². The molecule has 136 valence electrons. The molecule has 23 heavy (non-hydrogen) atoms. The summed E-state index contributed by atoms with van der Waals surface area (Å²) in [5, 5.41) is 8.71. The Hall–Kier alpha value is -0.790. The molecule has 0 bridgehead atoms. The van der Waals surface area contributed by atoms with Gasteiger partial charge in [-0.25, -0.2) is 0 Å². The summed E-state index contributed by atoms with van der Waals surface area (Å²) in [6.45, 7) is 6.10. The van der Waals surface area contributed by atoms with Crippen LogP contribution in [0.4, 0.5) is 0 Å². The third-order valence-electron chi connectivity index (χ3n) is 4.72. The molecule has 1 atom stereocenters. The first-order valence-electron chi connectivity index (χ1n) is 10.0. The summed E-state index contributed by atoms with van der Waals surface area (Å²) in [4.78, 5) is 10.6. The molecule has 0 rings (SSSR count). The van der Waals surface area contributed by atoms with Crippen LogP contribution in [0, 0.1) is 5.92 Å². The molecule has 0 aromatic rings. The van der Waals surface area contributed by atoms with Crippen molar-refractivity contribution in [3.05, 3.63) is 12.7 Å². The quantitative estimate of drug-likeness (QED) is 0.215. The molecular formula is C21H40O2. The van der Waals surface area contributed by atoms with Crippen LogP contribution in [-0.2, 0) is 4.79 Å². The van der Waals surface area contributed by atoms with Crippen LogP contribution < -0.4 is 0 Å². The Morgan fingerprint density at radius 1 is 0.870 bits per heavy atom. The Labute approximate surface area is 144 Å². The number of hydrogen-bond acceptors (Lipinski definition) is 1. The summed E-state index contributed by atoms with van der Waals surface area (Å²) in [6.07, 6.45) is 21.6. The highest BCUT2D eigenvalue weighted by Crippen LogP contribution is 2.21. The van der Waals surface area contributed by atoms with Crippen molar-refractivity contribution in [1.29, 1.82) is 0 Å². The van der Waals surface area contributed by atoms with Crippen molar-refractivity contribution >= 4 is 5.97 Å². The first-order valence-corrected chi connectivity index (χ1v) is 10.0. The van der Waals surface area contributed by atoms with Crippen LogP contribution in [0.3, 0.4) is 0 Å². The highest BCUT2D eigenvalue weighted by Gasteiger charge is 2.08. The van der Waals surface area contributed by atoms with E-state index in [-0.39, 0.29) is 0 Å². The lowest BCUT2D eigenvalue weighted by Gasteiger charge is -2.14. The Bertz CT molecular complexity index is 273. The van der Waals surface area contributed by atoms with Crippen molar-refractivity contribution in [3.63, 3.8) is 0 Å². The van der Waals surface area contributed by atoms with E-state index < -0.39 is 5.97 Å². The average molecular weight is 325 g/mol. The van der Waals surface area contributed by atoms with E-state index >= 15 is 0 Å². The van der Waals surface area contributed by atoms with Crippen molar-refractivity contribution in [3.8, 4) is 0 Å². The summed E-state index contributed by atoms with van der Waals surface area (Å²) in [5.74, 6) is -0.0255. The average Bonchev–Trinajstić information content (AvgIpc) is 2.52. The van der Waals surface area contributed by atoms with E-state index in [0.29, 0.717) is 12.3 Å². The zero-order valence-corrected chi connectivity index (χ0v) is 15.5. The molecule has 0 radical (unpaired) electrons. The second kappa shape index (κ2) is 17.6. The van der Waals surface area contributed by atoms with Crippen molar-refractivity contribution in [2.24, 2.45) is 5.92 Å². The SMILES string of the molecule is C=CCC(CCCCCCCCCCCCC)CCCC(=O)O. The molecule has 0 aliphatic rings. The summed E-state index contributed by atoms with van der Waals surface area (Å²) in [6, 6.07) is 0. The molecule has 2 nitrogen and oxygen atoms in total. The number of carboxylic acid groups (broad SMARTS) is 1. The number of aliphatic carboxylic acids is 1. The zero-order chi connectivity index (χ0) is 17.2. The summed E-state index contributed by atoms with van der Waals surface area (Å²) >= 11 is 0. The van der Waals surface area contributed by atoms with Crippen LogP contribution in [-0.4, -0.2) is 11.1 Å². The van der Waals surface area contributed by atoms with Crippen LogP contribution in [0.25, 0.3) is 0 Å². The lowest BCUT2D eigenvalue weighted by atomic mass is 9.92. The van der Waals surface area contributed by atoms with E-state index in [1.807, 2.05) is 6.08 Å². The minimum Gasteiger partial charge on any atom is -0.481 e. The molecule has 0 aromatic carbocycles. The van der Waals surface area contributed by atoms with E-state index in [1.165, 1.54) is 77.0 Å². The van der Waals surface area contributed by atoms with Crippen LogP contribution in [0.1, 0.15) is 110 Å². The van der Waals surface area contributed by atoms with Crippen molar-refractivity contribution in [2.75, 3.05) is 0 Å². The van der Waals surface area contributed by atoms with Gasteiger partial charge in [-0.15, -0.1) is 6.58 Å². The van der Waals surface area contributed by atoms with Gasteiger partial charge in [0.25, 0.3) is 0 Å². The summed E-state index contributed by atoms with van der Waals surface area (Å²) < 4.78 is 0. The second-order valence-corrected chi connectivity index (χ2v) is 7.00. The molecule has 0 saturated heterocycles. The topological polar surface area (TPSA) is 37.3 Å². The number of carboxylic acids is 1.